The molecule has 0 radical (unpaired) electrons. The molecule has 3 aromatic rings. The second-order valence-corrected chi connectivity index (χ2v) is 5.24. The van der Waals surface area contributed by atoms with Crippen LogP contribution < -0.4 is 5.56 Å². The molecular formula is C15H12N2O3S. The van der Waals surface area contributed by atoms with Crippen molar-refractivity contribution in [2.45, 2.75) is 6.54 Å². The van der Waals surface area contributed by atoms with Gasteiger partial charge in [-0.15, -0.1) is 11.3 Å². The number of hydrogen-bond acceptors (Lipinski definition) is 5. The molecule has 6 heteroatoms. The number of pyridine rings is 1. The fourth-order valence-corrected chi connectivity index (χ4v) is 2.69. The minimum Gasteiger partial charge on any atom is -0.465 e. The van der Waals surface area contributed by atoms with Crippen molar-refractivity contribution in [3.05, 3.63) is 63.0 Å². The highest BCUT2D eigenvalue weighted by molar-refractivity contribution is 7.07. The van der Waals surface area contributed by atoms with Crippen LogP contribution >= 0.6 is 11.3 Å². The number of nitrogens with zero attached hydrogens (tertiary/aromatic N) is 2. The van der Waals surface area contributed by atoms with Crippen LogP contribution in [-0.4, -0.2) is 22.6 Å². The van der Waals surface area contributed by atoms with Crippen LogP contribution in [-0.2, 0) is 11.3 Å². The second kappa shape index (κ2) is 5.49. The molecule has 3 rings (SSSR count). The second-order valence-electron chi connectivity index (χ2n) is 4.52. The van der Waals surface area contributed by atoms with E-state index in [9.17, 15) is 9.59 Å². The average molecular weight is 300 g/mol. The van der Waals surface area contributed by atoms with E-state index in [1.807, 2.05) is 11.4 Å². The Labute approximate surface area is 124 Å². The van der Waals surface area contributed by atoms with Gasteiger partial charge in [0.05, 0.1) is 30.4 Å². The summed E-state index contributed by atoms with van der Waals surface area (Å²) in [5, 5.41) is 3.19. The standard InChI is InChI=1S/C15H12N2O3S/c1-20-15(19)11-3-2-10-4-5-17(14(18)13(10)6-11)7-12-8-21-9-16-12/h2-6,8-9H,7H2,1H3. The van der Waals surface area contributed by atoms with Gasteiger partial charge < -0.3 is 9.30 Å². The monoisotopic (exact) mass is 300 g/mol. The van der Waals surface area contributed by atoms with E-state index < -0.39 is 5.97 Å². The first-order valence-electron chi connectivity index (χ1n) is 6.27. The van der Waals surface area contributed by atoms with Crippen LogP contribution in [0.2, 0.25) is 0 Å². The molecule has 106 valence electrons. The first-order valence-corrected chi connectivity index (χ1v) is 7.22. The van der Waals surface area contributed by atoms with Gasteiger partial charge in [0.25, 0.3) is 5.56 Å². The molecule has 0 bridgehead atoms. The Hall–Kier alpha value is -2.47. The molecule has 0 saturated heterocycles. The molecule has 2 heterocycles. The van der Waals surface area contributed by atoms with Crippen LogP contribution in [0.5, 0.6) is 0 Å². The predicted molar refractivity (Wildman–Crippen MR) is 80.8 cm³/mol. The van der Waals surface area contributed by atoms with Gasteiger partial charge in [0.1, 0.15) is 0 Å². The van der Waals surface area contributed by atoms with Gasteiger partial charge in [0.15, 0.2) is 0 Å². The molecule has 0 aliphatic carbocycles. The van der Waals surface area contributed by atoms with Gasteiger partial charge in [-0.25, -0.2) is 9.78 Å². The number of benzene rings is 1. The van der Waals surface area contributed by atoms with Crippen LogP contribution in [0.15, 0.2) is 46.1 Å². The number of hydrogen-bond donors (Lipinski definition) is 0. The molecule has 0 atom stereocenters. The Kier molecular flexibility index (Phi) is 3.53. The molecule has 0 fully saturated rings. The molecule has 0 saturated carbocycles. The lowest BCUT2D eigenvalue weighted by Crippen LogP contribution is -2.20. The van der Waals surface area contributed by atoms with Crippen molar-refractivity contribution >= 4 is 28.1 Å². The zero-order valence-electron chi connectivity index (χ0n) is 11.3. The molecule has 1 aromatic carbocycles. The Bertz CT molecular complexity index is 853. The maximum atomic E-state index is 12.5. The average Bonchev–Trinajstić information content (AvgIpc) is 3.02. The first-order chi connectivity index (χ1) is 10.2. The number of esters is 1. The summed E-state index contributed by atoms with van der Waals surface area (Å²) in [4.78, 5) is 28.3. The zero-order valence-corrected chi connectivity index (χ0v) is 12.1. The van der Waals surface area contributed by atoms with E-state index in [2.05, 4.69) is 9.72 Å². The van der Waals surface area contributed by atoms with Gasteiger partial charge in [-0.3, -0.25) is 4.79 Å². The van der Waals surface area contributed by atoms with Gasteiger partial charge >= 0.3 is 5.97 Å². The number of aromatic nitrogens is 2. The van der Waals surface area contributed by atoms with Gasteiger partial charge in [-0.2, -0.15) is 0 Å². The summed E-state index contributed by atoms with van der Waals surface area (Å²) in [6, 6.07) is 6.82. The van der Waals surface area contributed by atoms with Crippen LogP contribution in [0.3, 0.4) is 0 Å². The van der Waals surface area contributed by atoms with E-state index in [-0.39, 0.29) is 5.56 Å². The molecule has 0 spiro atoms. The zero-order chi connectivity index (χ0) is 14.8. The van der Waals surface area contributed by atoms with Crippen LogP contribution in [0.1, 0.15) is 16.1 Å². The third kappa shape index (κ3) is 2.57. The highest BCUT2D eigenvalue weighted by Gasteiger charge is 2.09. The lowest BCUT2D eigenvalue weighted by molar-refractivity contribution is 0.0601. The van der Waals surface area contributed by atoms with Gasteiger partial charge in [0.2, 0.25) is 0 Å². The Balaban J connectivity index is 2.10. The number of carbonyl (C=O) groups is 1. The molecule has 0 aliphatic heterocycles. The molecule has 0 N–H and O–H groups in total. The number of ether oxygens (including phenoxy) is 1. The summed E-state index contributed by atoms with van der Waals surface area (Å²) in [7, 11) is 1.32. The third-order valence-corrected chi connectivity index (χ3v) is 3.85. The Morgan fingerprint density at radius 2 is 2.24 bits per heavy atom. The van der Waals surface area contributed by atoms with E-state index in [0.717, 1.165) is 11.1 Å². The van der Waals surface area contributed by atoms with Gasteiger partial charge in [-0.1, -0.05) is 6.07 Å². The van der Waals surface area contributed by atoms with E-state index in [1.54, 1.807) is 34.5 Å². The summed E-state index contributed by atoms with van der Waals surface area (Å²) >= 11 is 1.49. The van der Waals surface area contributed by atoms with E-state index in [0.29, 0.717) is 17.5 Å². The van der Waals surface area contributed by atoms with Crippen molar-refractivity contribution in [3.8, 4) is 0 Å². The molecule has 0 unspecified atom stereocenters. The summed E-state index contributed by atoms with van der Waals surface area (Å²) in [6.45, 7) is 0.417. The molecule has 21 heavy (non-hydrogen) atoms. The first kappa shape index (κ1) is 13.5. The molecule has 5 nitrogen and oxygen atoms in total. The Morgan fingerprint density at radius 1 is 1.38 bits per heavy atom. The highest BCUT2D eigenvalue weighted by Crippen LogP contribution is 2.13. The highest BCUT2D eigenvalue weighted by atomic mass is 32.1. The lowest BCUT2D eigenvalue weighted by Gasteiger charge is -2.06. The van der Waals surface area contributed by atoms with E-state index in [4.69, 9.17) is 0 Å². The van der Waals surface area contributed by atoms with E-state index in [1.165, 1.54) is 18.4 Å². The van der Waals surface area contributed by atoms with Crippen molar-refractivity contribution in [2.75, 3.05) is 7.11 Å². The van der Waals surface area contributed by atoms with Crippen molar-refractivity contribution in [3.63, 3.8) is 0 Å². The number of methoxy groups -OCH3 is 1. The quantitative estimate of drug-likeness (QED) is 0.696. The minimum absolute atomic E-state index is 0.147. The largest absolute Gasteiger partial charge is 0.465 e. The predicted octanol–water partition coefficient (Wildman–Crippen LogP) is 2.29. The van der Waals surface area contributed by atoms with Crippen molar-refractivity contribution in [1.82, 2.24) is 9.55 Å². The maximum absolute atomic E-state index is 12.5. The number of thiazole rings is 1. The minimum atomic E-state index is -0.453. The number of fused-ring (bicyclic) bond motifs is 1. The van der Waals surface area contributed by atoms with Crippen molar-refractivity contribution in [1.29, 1.82) is 0 Å². The Morgan fingerprint density at radius 3 is 2.95 bits per heavy atom. The smallest absolute Gasteiger partial charge is 0.337 e. The topological polar surface area (TPSA) is 61.2 Å². The summed E-state index contributed by atoms with van der Waals surface area (Å²) < 4.78 is 6.27. The number of rotatable bonds is 3. The van der Waals surface area contributed by atoms with Gasteiger partial charge in [0, 0.05) is 17.0 Å². The molecule has 2 aromatic heterocycles. The molecule has 0 amide bonds. The van der Waals surface area contributed by atoms with Crippen molar-refractivity contribution in [2.24, 2.45) is 0 Å². The summed E-state index contributed by atoms with van der Waals surface area (Å²) in [6.07, 6.45) is 1.74. The third-order valence-electron chi connectivity index (χ3n) is 3.22. The number of carbonyl (C=O) groups excluding carboxylic acids is 1. The normalized spacial score (nSPS) is 10.7. The molecule has 0 aliphatic rings. The SMILES string of the molecule is COC(=O)c1ccc2ccn(Cc3cscn3)c(=O)c2c1. The van der Waals surface area contributed by atoms with E-state index >= 15 is 0 Å². The maximum Gasteiger partial charge on any atom is 0.337 e. The lowest BCUT2D eigenvalue weighted by atomic mass is 10.1. The van der Waals surface area contributed by atoms with Crippen LogP contribution in [0, 0.1) is 0 Å². The van der Waals surface area contributed by atoms with Crippen LogP contribution in [0.4, 0.5) is 0 Å². The fourth-order valence-electron chi connectivity index (χ4n) is 2.14. The fraction of sp³-hybridized carbons (Fsp3) is 0.133. The molecular weight excluding hydrogens is 288 g/mol. The summed E-state index contributed by atoms with van der Waals surface area (Å²) in [5.74, 6) is -0.453. The van der Waals surface area contributed by atoms with Crippen LogP contribution in [0.25, 0.3) is 10.8 Å². The van der Waals surface area contributed by atoms with Gasteiger partial charge in [-0.05, 0) is 23.6 Å². The summed E-state index contributed by atoms with van der Waals surface area (Å²) in [5.41, 5.74) is 2.79. The van der Waals surface area contributed by atoms with Crippen molar-refractivity contribution < 1.29 is 9.53 Å².